The fraction of sp³-hybridized carbons (Fsp3) is 0.538. The summed E-state index contributed by atoms with van der Waals surface area (Å²) in [6.45, 7) is 6.06. The fourth-order valence-electron chi connectivity index (χ4n) is 3.19. The molecule has 0 radical (unpaired) electrons. The second-order valence-electron chi connectivity index (χ2n) is 5.43. The molecule has 2 atom stereocenters. The number of anilines is 1. The third kappa shape index (κ3) is 2.17. The van der Waals surface area contributed by atoms with Gasteiger partial charge in [-0.05, 0) is 30.4 Å². The molecule has 0 aromatic heterocycles. The Morgan fingerprint density at radius 3 is 2.58 bits per heavy atom. The van der Waals surface area contributed by atoms with Gasteiger partial charge >= 0.3 is 0 Å². The quantitative estimate of drug-likeness (QED) is 0.667. The molecule has 2 saturated heterocycles. The van der Waals surface area contributed by atoms with Gasteiger partial charge in [0.2, 0.25) is 0 Å². The Morgan fingerprint density at radius 2 is 2.00 bits per heavy atom. The number of hydrogen-bond acceptors (Lipinski definition) is 4. The zero-order chi connectivity index (χ0) is 13.6. The molecule has 2 unspecified atom stereocenters. The Labute approximate surface area is 116 Å². The first kappa shape index (κ1) is 12.7. The number of halogens is 1. The monoisotopic (exact) mass is 281 g/mol. The van der Waals surface area contributed by atoms with Gasteiger partial charge in [0.05, 0.1) is 4.92 Å². The van der Waals surface area contributed by atoms with Crippen LogP contribution in [0.15, 0.2) is 12.1 Å². The van der Waals surface area contributed by atoms with Crippen molar-refractivity contribution in [2.24, 2.45) is 11.8 Å². The van der Waals surface area contributed by atoms with Gasteiger partial charge in [-0.3, -0.25) is 10.1 Å². The van der Waals surface area contributed by atoms with Crippen LogP contribution in [0, 0.1) is 28.9 Å². The van der Waals surface area contributed by atoms with Crippen molar-refractivity contribution >= 4 is 23.0 Å². The SMILES string of the molecule is Cc1cc([N+](=O)[O-])c(Cl)cc1N1CC2CNCC2C1. The van der Waals surface area contributed by atoms with Gasteiger partial charge in [-0.1, -0.05) is 11.6 Å². The molecule has 102 valence electrons. The van der Waals surface area contributed by atoms with Crippen molar-refractivity contribution < 1.29 is 4.92 Å². The number of nitro benzene ring substituents is 1. The topological polar surface area (TPSA) is 58.4 Å². The van der Waals surface area contributed by atoms with Gasteiger partial charge < -0.3 is 10.2 Å². The van der Waals surface area contributed by atoms with Gasteiger partial charge in [0.25, 0.3) is 5.69 Å². The highest BCUT2D eigenvalue weighted by molar-refractivity contribution is 6.33. The van der Waals surface area contributed by atoms with E-state index in [2.05, 4.69) is 10.2 Å². The maximum absolute atomic E-state index is 10.9. The molecule has 2 heterocycles. The Balaban J connectivity index is 1.89. The average molecular weight is 282 g/mol. The van der Waals surface area contributed by atoms with E-state index in [4.69, 9.17) is 11.6 Å². The van der Waals surface area contributed by atoms with E-state index in [1.165, 1.54) is 0 Å². The van der Waals surface area contributed by atoms with Gasteiger partial charge in [-0.2, -0.15) is 0 Å². The van der Waals surface area contributed by atoms with Crippen LogP contribution in [-0.2, 0) is 0 Å². The summed E-state index contributed by atoms with van der Waals surface area (Å²) in [6.07, 6.45) is 0. The number of nitro groups is 1. The summed E-state index contributed by atoms with van der Waals surface area (Å²) in [4.78, 5) is 12.7. The van der Waals surface area contributed by atoms with E-state index in [0.717, 1.165) is 37.4 Å². The molecule has 0 spiro atoms. The van der Waals surface area contributed by atoms with Crippen LogP contribution in [0.2, 0.25) is 5.02 Å². The lowest BCUT2D eigenvalue weighted by atomic mass is 10.0. The number of hydrogen-bond donors (Lipinski definition) is 1. The van der Waals surface area contributed by atoms with Crippen LogP contribution in [0.3, 0.4) is 0 Å². The first-order valence-electron chi connectivity index (χ1n) is 6.46. The summed E-state index contributed by atoms with van der Waals surface area (Å²) in [7, 11) is 0. The first-order valence-corrected chi connectivity index (χ1v) is 6.84. The molecule has 2 aliphatic rings. The van der Waals surface area contributed by atoms with E-state index in [9.17, 15) is 10.1 Å². The second-order valence-corrected chi connectivity index (χ2v) is 5.84. The first-order chi connectivity index (χ1) is 9.06. The van der Waals surface area contributed by atoms with E-state index < -0.39 is 4.92 Å². The van der Waals surface area contributed by atoms with E-state index in [0.29, 0.717) is 11.8 Å². The lowest BCUT2D eigenvalue weighted by Gasteiger charge is -2.22. The summed E-state index contributed by atoms with van der Waals surface area (Å²) >= 11 is 6.01. The van der Waals surface area contributed by atoms with Crippen molar-refractivity contribution in [3.63, 3.8) is 0 Å². The Hall–Kier alpha value is -1.33. The van der Waals surface area contributed by atoms with Crippen molar-refractivity contribution in [2.45, 2.75) is 6.92 Å². The Morgan fingerprint density at radius 1 is 1.37 bits per heavy atom. The number of nitrogens with zero attached hydrogens (tertiary/aromatic N) is 2. The molecule has 0 amide bonds. The predicted molar refractivity (Wildman–Crippen MR) is 74.9 cm³/mol. The van der Waals surface area contributed by atoms with Gasteiger partial charge in [-0.25, -0.2) is 0 Å². The van der Waals surface area contributed by atoms with Crippen LogP contribution >= 0.6 is 11.6 Å². The maximum atomic E-state index is 10.9. The van der Waals surface area contributed by atoms with Crippen LogP contribution in [0.4, 0.5) is 11.4 Å². The number of fused-ring (bicyclic) bond motifs is 1. The van der Waals surface area contributed by atoms with E-state index in [1.807, 2.05) is 6.92 Å². The van der Waals surface area contributed by atoms with E-state index in [1.54, 1.807) is 12.1 Å². The molecule has 2 fully saturated rings. The van der Waals surface area contributed by atoms with Gasteiger partial charge in [0.1, 0.15) is 5.02 Å². The third-order valence-electron chi connectivity index (χ3n) is 4.19. The zero-order valence-electron chi connectivity index (χ0n) is 10.7. The van der Waals surface area contributed by atoms with Gasteiger partial charge in [-0.15, -0.1) is 0 Å². The highest BCUT2D eigenvalue weighted by atomic mass is 35.5. The molecule has 1 aromatic carbocycles. The zero-order valence-corrected chi connectivity index (χ0v) is 11.5. The third-order valence-corrected chi connectivity index (χ3v) is 4.50. The van der Waals surface area contributed by atoms with E-state index >= 15 is 0 Å². The minimum absolute atomic E-state index is 0.0102. The van der Waals surface area contributed by atoms with Gasteiger partial charge in [0.15, 0.2) is 0 Å². The lowest BCUT2D eigenvalue weighted by Crippen LogP contribution is -2.26. The molecule has 1 aromatic rings. The van der Waals surface area contributed by atoms with Crippen molar-refractivity contribution in [1.29, 1.82) is 0 Å². The second kappa shape index (κ2) is 4.65. The molecule has 0 bridgehead atoms. The van der Waals surface area contributed by atoms with Crippen LogP contribution in [0.5, 0.6) is 0 Å². The number of nitrogens with one attached hydrogen (secondary N) is 1. The molecule has 5 nitrogen and oxygen atoms in total. The lowest BCUT2D eigenvalue weighted by molar-refractivity contribution is -0.384. The summed E-state index contributed by atoms with van der Waals surface area (Å²) < 4.78 is 0. The summed E-state index contributed by atoms with van der Waals surface area (Å²) in [5.74, 6) is 1.38. The molecular weight excluding hydrogens is 266 g/mol. The predicted octanol–water partition coefficient (Wildman–Crippen LogP) is 2.21. The summed E-state index contributed by atoms with van der Waals surface area (Å²) in [5.41, 5.74) is 1.94. The molecule has 0 aliphatic carbocycles. The standard InChI is InChI=1S/C13H16ClN3O2/c1-8-2-13(17(18)19)11(14)3-12(8)16-6-9-4-15-5-10(9)7-16/h2-3,9-10,15H,4-7H2,1H3. The smallest absolute Gasteiger partial charge is 0.288 e. The molecule has 0 saturated carbocycles. The van der Waals surface area contributed by atoms with Crippen LogP contribution in [0.25, 0.3) is 0 Å². The molecular formula is C13H16ClN3O2. The molecule has 6 heteroatoms. The minimum atomic E-state index is -0.429. The minimum Gasteiger partial charge on any atom is -0.371 e. The number of aryl methyl sites for hydroxylation is 1. The molecule has 3 rings (SSSR count). The largest absolute Gasteiger partial charge is 0.371 e. The van der Waals surface area contributed by atoms with Crippen molar-refractivity contribution in [2.75, 3.05) is 31.1 Å². The molecule has 2 aliphatic heterocycles. The fourth-order valence-corrected chi connectivity index (χ4v) is 3.42. The van der Waals surface area contributed by atoms with Crippen LogP contribution in [0.1, 0.15) is 5.56 Å². The average Bonchev–Trinajstić information content (AvgIpc) is 2.91. The van der Waals surface area contributed by atoms with Crippen LogP contribution in [-0.4, -0.2) is 31.1 Å². The Bertz CT molecular complexity index is 523. The van der Waals surface area contributed by atoms with Crippen LogP contribution < -0.4 is 10.2 Å². The highest BCUT2D eigenvalue weighted by Crippen LogP contribution is 2.36. The summed E-state index contributed by atoms with van der Waals surface area (Å²) in [5, 5.41) is 14.5. The normalized spacial score (nSPS) is 25.7. The number of rotatable bonds is 2. The van der Waals surface area contributed by atoms with Gasteiger partial charge in [0, 0.05) is 37.9 Å². The number of benzene rings is 1. The van der Waals surface area contributed by atoms with Crippen molar-refractivity contribution in [3.05, 3.63) is 32.8 Å². The highest BCUT2D eigenvalue weighted by Gasteiger charge is 2.36. The van der Waals surface area contributed by atoms with Crippen molar-refractivity contribution in [3.8, 4) is 0 Å². The Kier molecular flexibility index (Phi) is 3.11. The summed E-state index contributed by atoms with van der Waals surface area (Å²) in [6, 6.07) is 3.31. The maximum Gasteiger partial charge on any atom is 0.288 e. The van der Waals surface area contributed by atoms with Crippen molar-refractivity contribution in [1.82, 2.24) is 5.32 Å². The molecule has 1 N–H and O–H groups in total. The van der Waals surface area contributed by atoms with E-state index in [-0.39, 0.29) is 10.7 Å². The molecule has 19 heavy (non-hydrogen) atoms.